The van der Waals surface area contributed by atoms with Gasteiger partial charge in [-0.25, -0.2) is 0 Å². The van der Waals surface area contributed by atoms with E-state index in [1.54, 1.807) is 12.0 Å². The van der Waals surface area contributed by atoms with E-state index >= 15 is 0 Å². The molecule has 0 unspecified atom stereocenters. The molecule has 1 saturated heterocycles. The summed E-state index contributed by atoms with van der Waals surface area (Å²) < 4.78 is 5.49. The van der Waals surface area contributed by atoms with Crippen molar-refractivity contribution in [2.75, 3.05) is 23.9 Å². The summed E-state index contributed by atoms with van der Waals surface area (Å²) in [6, 6.07) is 7.77. The van der Waals surface area contributed by atoms with Crippen LogP contribution in [0.25, 0.3) is 0 Å². The van der Waals surface area contributed by atoms with Crippen LogP contribution in [0.2, 0.25) is 0 Å². The van der Waals surface area contributed by atoms with Crippen molar-refractivity contribution in [2.45, 2.75) is 39.5 Å². The van der Waals surface area contributed by atoms with Crippen LogP contribution < -0.4 is 15.0 Å². The van der Waals surface area contributed by atoms with E-state index < -0.39 is 0 Å². The molecule has 140 valence electrons. The molecule has 3 rings (SSSR count). The molecule has 7 heteroatoms. The van der Waals surface area contributed by atoms with Crippen LogP contribution in [0.1, 0.15) is 43.5 Å². The van der Waals surface area contributed by atoms with Crippen molar-refractivity contribution >= 4 is 23.1 Å². The van der Waals surface area contributed by atoms with E-state index in [0.717, 1.165) is 41.9 Å². The molecular weight excluding hydrogens is 342 g/mol. The molecule has 1 N–H and O–H groups in total. The number of aromatic nitrogens is 2. The monoisotopic (exact) mass is 365 g/mol. The number of carbonyl (C=O) groups is 1. The van der Waals surface area contributed by atoms with E-state index in [1.807, 2.05) is 32.0 Å². The highest BCUT2D eigenvalue weighted by Gasteiger charge is 2.24. The molecule has 27 heavy (non-hydrogen) atoms. The average Bonchev–Trinajstić information content (AvgIpc) is 3.12. The third kappa shape index (κ3) is 3.56. The zero-order chi connectivity index (χ0) is 19.4. The van der Waals surface area contributed by atoms with Crippen molar-refractivity contribution in [1.82, 2.24) is 10.2 Å². The third-order valence-corrected chi connectivity index (χ3v) is 4.76. The van der Waals surface area contributed by atoms with Crippen LogP contribution >= 0.6 is 0 Å². The van der Waals surface area contributed by atoms with E-state index in [9.17, 15) is 10.1 Å². The van der Waals surface area contributed by atoms with Gasteiger partial charge in [0.25, 0.3) is 0 Å². The summed E-state index contributed by atoms with van der Waals surface area (Å²) in [6.07, 6.45) is 2.87. The average molecular weight is 365 g/mol. The Morgan fingerprint density at radius 1 is 1.30 bits per heavy atom. The highest BCUT2D eigenvalue weighted by Crippen LogP contribution is 2.35. The van der Waals surface area contributed by atoms with Crippen LogP contribution in [0.4, 0.5) is 17.2 Å². The Morgan fingerprint density at radius 2 is 2.11 bits per heavy atom. The summed E-state index contributed by atoms with van der Waals surface area (Å²) in [5, 5.41) is 21.3. The van der Waals surface area contributed by atoms with Gasteiger partial charge in [0, 0.05) is 24.7 Å². The first kappa shape index (κ1) is 18.6. The van der Waals surface area contributed by atoms with Gasteiger partial charge in [-0.2, -0.15) is 10.4 Å². The molecule has 0 aliphatic carbocycles. The maximum Gasteiger partial charge on any atom is 0.227 e. The number of rotatable bonds is 6. The third-order valence-electron chi connectivity index (χ3n) is 4.76. The van der Waals surface area contributed by atoms with Gasteiger partial charge in [-0.3, -0.25) is 4.79 Å². The Bertz CT molecular complexity index is 904. The Kier molecular flexibility index (Phi) is 5.55. The highest BCUT2D eigenvalue weighted by atomic mass is 16.5. The van der Waals surface area contributed by atoms with Crippen LogP contribution in [0, 0.1) is 11.3 Å². The zero-order valence-corrected chi connectivity index (χ0v) is 15.9. The lowest BCUT2D eigenvalue weighted by Gasteiger charge is -2.20. The van der Waals surface area contributed by atoms with E-state index in [1.165, 1.54) is 0 Å². The molecule has 7 nitrogen and oxygen atoms in total. The number of methoxy groups -OCH3 is 1. The van der Waals surface area contributed by atoms with E-state index in [0.29, 0.717) is 30.1 Å². The molecule has 0 bridgehead atoms. The minimum Gasteiger partial charge on any atom is -0.494 e. The summed E-state index contributed by atoms with van der Waals surface area (Å²) in [7, 11) is 1.58. The second-order valence-corrected chi connectivity index (χ2v) is 6.33. The minimum absolute atomic E-state index is 0.106. The van der Waals surface area contributed by atoms with E-state index in [4.69, 9.17) is 4.74 Å². The van der Waals surface area contributed by atoms with Gasteiger partial charge in [-0.15, -0.1) is 5.10 Å². The van der Waals surface area contributed by atoms with Gasteiger partial charge in [-0.1, -0.05) is 13.8 Å². The van der Waals surface area contributed by atoms with E-state index in [-0.39, 0.29) is 5.91 Å². The predicted molar refractivity (Wildman–Crippen MR) is 103 cm³/mol. The van der Waals surface area contributed by atoms with Gasteiger partial charge in [0.1, 0.15) is 17.4 Å². The zero-order valence-electron chi connectivity index (χ0n) is 15.9. The maximum absolute atomic E-state index is 12.0. The molecule has 0 radical (unpaired) electrons. The summed E-state index contributed by atoms with van der Waals surface area (Å²) in [5.74, 6) is 1.13. The smallest absolute Gasteiger partial charge is 0.227 e. The van der Waals surface area contributed by atoms with Gasteiger partial charge >= 0.3 is 0 Å². The quantitative estimate of drug-likeness (QED) is 0.844. The Morgan fingerprint density at radius 3 is 2.70 bits per heavy atom. The number of amides is 1. The van der Waals surface area contributed by atoms with Crippen molar-refractivity contribution < 1.29 is 9.53 Å². The number of aryl methyl sites for hydroxylation is 1. The molecule has 1 aliphatic heterocycles. The van der Waals surface area contributed by atoms with Gasteiger partial charge in [0.05, 0.1) is 18.5 Å². The van der Waals surface area contributed by atoms with Gasteiger partial charge in [0.15, 0.2) is 5.82 Å². The largest absolute Gasteiger partial charge is 0.494 e. The first-order valence-corrected chi connectivity index (χ1v) is 9.16. The molecule has 0 saturated carbocycles. The first-order valence-electron chi connectivity index (χ1n) is 9.16. The normalized spacial score (nSPS) is 13.6. The number of nitrogens with zero attached hydrogens (tertiary/aromatic N) is 4. The predicted octanol–water partition coefficient (Wildman–Crippen LogP) is 3.35. The molecular formula is C20H23N5O2. The SMILES string of the molecule is CCc1nnc(Nc2ccc(N3CCCC3=O)c(OC)c2)c(C#N)c1CC. The lowest BCUT2D eigenvalue weighted by molar-refractivity contribution is -0.117. The second kappa shape index (κ2) is 8.04. The number of hydrogen-bond donors (Lipinski definition) is 1. The number of nitriles is 1. The summed E-state index contributed by atoms with van der Waals surface area (Å²) in [5.41, 5.74) is 3.76. The number of anilines is 3. The number of ether oxygens (including phenoxy) is 1. The second-order valence-electron chi connectivity index (χ2n) is 6.33. The summed E-state index contributed by atoms with van der Waals surface area (Å²) in [6.45, 7) is 4.71. The van der Waals surface area contributed by atoms with Crippen LogP contribution in [0.3, 0.4) is 0 Å². The fourth-order valence-electron chi connectivity index (χ4n) is 3.40. The molecule has 1 aliphatic rings. The number of hydrogen-bond acceptors (Lipinski definition) is 6. The molecule has 1 fully saturated rings. The molecule has 0 spiro atoms. The van der Waals surface area contributed by atoms with Crippen LogP contribution in [0.15, 0.2) is 18.2 Å². The molecule has 1 aromatic carbocycles. The number of benzene rings is 1. The molecule has 0 atom stereocenters. The molecule has 1 amide bonds. The van der Waals surface area contributed by atoms with Crippen LogP contribution in [0.5, 0.6) is 5.75 Å². The minimum atomic E-state index is 0.106. The fourth-order valence-corrected chi connectivity index (χ4v) is 3.40. The van der Waals surface area contributed by atoms with Crippen LogP contribution in [-0.2, 0) is 17.6 Å². The standard InChI is InChI=1S/C20H23N5O2/c1-4-14-15(12-21)20(24-23-16(14)5-2)22-13-8-9-17(18(11-13)27-3)25-10-6-7-19(25)26/h8-9,11H,4-7,10H2,1-3H3,(H,22,24). The number of carbonyl (C=O) groups excluding carboxylic acids is 1. The lowest BCUT2D eigenvalue weighted by Crippen LogP contribution is -2.24. The molecule has 1 aromatic heterocycles. The van der Waals surface area contributed by atoms with Crippen molar-refractivity contribution in [3.05, 3.63) is 35.0 Å². The number of nitrogens with one attached hydrogen (secondary N) is 1. The summed E-state index contributed by atoms with van der Waals surface area (Å²) in [4.78, 5) is 13.8. The van der Waals surface area contributed by atoms with E-state index in [2.05, 4.69) is 21.6 Å². The van der Waals surface area contributed by atoms with Gasteiger partial charge in [0.2, 0.25) is 5.91 Å². The van der Waals surface area contributed by atoms with Gasteiger partial charge in [-0.05, 0) is 37.0 Å². The highest BCUT2D eigenvalue weighted by molar-refractivity contribution is 5.97. The van der Waals surface area contributed by atoms with Crippen LogP contribution in [-0.4, -0.2) is 29.8 Å². The molecule has 2 heterocycles. The fraction of sp³-hybridized carbons (Fsp3) is 0.400. The molecule has 2 aromatic rings. The lowest BCUT2D eigenvalue weighted by atomic mass is 10.0. The van der Waals surface area contributed by atoms with Crippen molar-refractivity contribution in [2.24, 2.45) is 0 Å². The first-order chi connectivity index (χ1) is 13.1. The van der Waals surface area contributed by atoms with Crippen molar-refractivity contribution in [3.63, 3.8) is 0 Å². The van der Waals surface area contributed by atoms with Crippen molar-refractivity contribution in [1.29, 1.82) is 5.26 Å². The summed E-state index contributed by atoms with van der Waals surface area (Å²) >= 11 is 0. The van der Waals surface area contributed by atoms with Gasteiger partial charge < -0.3 is 15.0 Å². The topological polar surface area (TPSA) is 91.1 Å². The Hall–Kier alpha value is -3.14. The Balaban J connectivity index is 1.95. The van der Waals surface area contributed by atoms with Crippen molar-refractivity contribution in [3.8, 4) is 11.8 Å². The Labute approximate surface area is 159 Å². The maximum atomic E-state index is 12.0.